The van der Waals surface area contributed by atoms with E-state index in [9.17, 15) is 4.79 Å². The Labute approximate surface area is 121 Å². The van der Waals surface area contributed by atoms with Crippen LogP contribution in [0.3, 0.4) is 0 Å². The number of rotatable bonds is 8. The summed E-state index contributed by atoms with van der Waals surface area (Å²) in [4.78, 5) is 14.9. The first-order chi connectivity index (χ1) is 7.70. The third-order valence-electron chi connectivity index (χ3n) is 2.14. The molecule has 102 valence electrons. The quantitative estimate of drug-likeness (QED) is 0.228. The second kappa shape index (κ2) is 13.5. The third-order valence-corrected chi connectivity index (χ3v) is 2.14. The average Bonchev–Trinajstić information content (AvgIpc) is 2.28. The monoisotopic (exact) mass is 357 g/mol. The van der Waals surface area contributed by atoms with Crippen molar-refractivity contribution in [3.63, 3.8) is 0 Å². The molecule has 0 saturated carbocycles. The van der Waals surface area contributed by atoms with Crippen LogP contribution in [0.15, 0.2) is 4.99 Å². The van der Waals surface area contributed by atoms with E-state index in [0.29, 0.717) is 18.9 Å². The number of hydrogen-bond acceptors (Lipinski definition) is 3. The number of nitrogens with zero attached hydrogens (tertiary/aromatic N) is 1. The number of halogens is 1. The average molecular weight is 357 g/mol. The zero-order valence-corrected chi connectivity index (χ0v) is 13.0. The van der Waals surface area contributed by atoms with Gasteiger partial charge in [0.15, 0.2) is 5.96 Å². The summed E-state index contributed by atoms with van der Waals surface area (Å²) in [7, 11) is 1.40. The number of aliphatic imine (C=N–C) groups is 1. The summed E-state index contributed by atoms with van der Waals surface area (Å²) in [5, 5.41) is 3.03. The Balaban J connectivity index is 0. The van der Waals surface area contributed by atoms with E-state index in [1.54, 1.807) is 0 Å². The van der Waals surface area contributed by atoms with E-state index in [0.717, 1.165) is 32.2 Å². The molecule has 17 heavy (non-hydrogen) atoms. The summed E-state index contributed by atoms with van der Waals surface area (Å²) in [6.07, 6.45) is 4.33. The number of hydrogen-bond donors (Lipinski definition) is 2. The lowest BCUT2D eigenvalue weighted by Gasteiger charge is -2.04. The molecule has 0 atom stereocenters. The number of carbonyl (C=O) groups is 1. The van der Waals surface area contributed by atoms with Crippen LogP contribution in [-0.2, 0) is 9.53 Å². The summed E-state index contributed by atoms with van der Waals surface area (Å²) >= 11 is 0. The SMILES string of the molecule is CCCCNC(N)=NCCCCC(=O)OC.I. The number of ether oxygens (including phenoxy) is 1. The summed E-state index contributed by atoms with van der Waals surface area (Å²) in [5.41, 5.74) is 5.63. The van der Waals surface area contributed by atoms with Gasteiger partial charge in [-0.15, -0.1) is 24.0 Å². The maximum absolute atomic E-state index is 10.8. The number of guanidine groups is 1. The van der Waals surface area contributed by atoms with Crippen molar-refractivity contribution in [1.29, 1.82) is 0 Å². The highest BCUT2D eigenvalue weighted by molar-refractivity contribution is 14.0. The Morgan fingerprint density at radius 2 is 2.06 bits per heavy atom. The van der Waals surface area contributed by atoms with E-state index in [1.165, 1.54) is 7.11 Å². The first-order valence-electron chi connectivity index (χ1n) is 5.81. The van der Waals surface area contributed by atoms with Crippen LogP contribution in [0.1, 0.15) is 39.0 Å². The van der Waals surface area contributed by atoms with E-state index in [2.05, 4.69) is 22.0 Å². The molecule has 0 aliphatic carbocycles. The molecule has 0 spiro atoms. The predicted octanol–water partition coefficient (Wildman–Crippen LogP) is 1.65. The molecule has 6 heteroatoms. The lowest BCUT2D eigenvalue weighted by atomic mass is 10.2. The first-order valence-corrected chi connectivity index (χ1v) is 5.81. The van der Waals surface area contributed by atoms with Crippen LogP contribution in [0.25, 0.3) is 0 Å². The molecule has 0 aromatic carbocycles. The molecule has 0 bridgehead atoms. The zero-order valence-electron chi connectivity index (χ0n) is 10.7. The largest absolute Gasteiger partial charge is 0.469 e. The number of nitrogens with two attached hydrogens (primary N) is 1. The highest BCUT2D eigenvalue weighted by atomic mass is 127. The lowest BCUT2D eigenvalue weighted by molar-refractivity contribution is -0.140. The molecule has 0 unspecified atom stereocenters. The Bertz CT molecular complexity index is 223. The van der Waals surface area contributed by atoms with Gasteiger partial charge in [0.2, 0.25) is 0 Å². The van der Waals surface area contributed by atoms with Crippen molar-refractivity contribution in [2.75, 3.05) is 20.2 Å². The molecule has 0 aromatic rings. The van der Waals surface area contributed by atoms with Crippen molar-refractivity contribution >= 4 is 35.9 Å². The minimum atomic E-state index is -0.168. The minimum Gasteiger partial charge on any atom is -0.469 e. The Morgan fingerprint density at radius 1 is 1.35 bits per heavy atom. The van der Waals surface area contributed by atoms with Crippen molar-refractivity contribution in [2.45, 2.75) is 39.0 Å². The second-order valence-electron chi connectivity index (χ2n) is 3.58. The fourth-order valence-electron chi connectivity index (χ4n) is 1.13. The highest BCUT2D eigenvalue weighted by Gasteiger charge is 1.98. The minimum absolute atomic E-state index is 0. The second-order valence-corrected chi connectivity index (χ2v) is 3.58. The molecule has 0 rings (SSSR count). The van der Waals surface area contributed by atoms with Crippen LogP contribution < -0.4 is 11.1 Å². The van der Waals surface area contributed by atoms with Gasteiger partial charge in [0.05, 0.1) is 7.11 Å². The summed E-state index contributed by atoms with van der Waals surface area (Å²) in [5.74, 6) is 0.324. The van der Waals surface area contributed by atoms with Gasteiger partial charge in [-0.2, -0.15) is 0 Å². The molecular formula is C11H24IN3O2. The standard InChI is InChI=1S/C11H23N3O2.HI/c1-3-4-8-13-11(12)14-9-6-5-7-10(15)16-2;/h3-9H2,1-2H3,(H3,12,13,14);1H. The Hall–Kier alpha value is -0.530. The first kappa shape index (κ1) is 18.8. The topological polar surface area (TPSA) is 76.7 Å². The van der Waals surface area contributed by atoms with E-state index in [4.69, 9.17) is 5.73 Å². The maximum Gasteiger partial charge on any atom is 0.305 e. The predicted molar refractivity (Wildman–Crippen MR) is 80.7 cm³/mol. The van der Waals surface area contributed by atoms with Crippen LogP contribution in [0.4, 0.5) is 0 Å². The summed E-state index contributed by atoms with van der Waals surface area (Å²) < 4.78 is 4.53. The molecule has 0 aliphatic heterocycles. The zero-order chi connectivity index (χ0) is 12.2. The fraction of sp³-hybridized carbons (Fsp3) is 0.818. The molecule has 5 nitrogen and oxygen atoms in total. The van der Waals surface area contributed by atoms with E-state index in [-0.39, 0.29) is 29.9 Å². The Morgan fingerprint density at radius 3 is 2.65 bits per heavy atom. The maximum atomic E-state index is 10.8. The van der Waals surface area contributed by atoms with Gasteiger partial charge >= 0.3 is 5.97 Å². The van der Waals surface area contributed by atoms with Gasteiger partial charge in [-0.3, -0.25) is 9.79 Å². The van der Waals surface area contributed by atoms with Gasteiger partial charge < -0.3 is 15.8 Å². The smallest absolute Gasteiger partial charge is 0.305 e. The number of carbonyl (C=O) groups excluding carboxylic acids is 1. The Kier molecular flexibility index (Phi) is 15.0. The van der Waals surface area contributed by atoms with E-state index < -0.39 is 0 Å². The van der Waals surface area contributed by atoms with Crippen LogP contribution in [0.2, 0.25) is 0 Å². The van der Waals surface area contributed by atoms with Crippen molar-refractivity contribution in [2.24, 2.45) is 10.7 Å². The van der Waals surface area contributed by atoms with Gasteiger partial charge in [0.1, 0.15) is 0 Å². The van der Waals surface area contributed by atoms with Gasteiger partial charge in [-0.05, 0) is 19.3 Å². The number of methoxy groups -OCH3 is 1. The van der Waals surface area contributed by atoms with Crippen LogP contribution in [-0.4, -0.2) is 32.1 Å². The van der Waals surface area contributed by atoms with Crippen molar-refractivity contribution in [1.82, 2.24) is 5.32 Å². The molecule has 3 N–H and O–H groups in total. The summed E-state index contributed by atoms with van der Waals surface area (Å²) in [6, 6.07) is 0. The molecule has 0 aliphatic rings. The van der Waals surface area contributed by atoms with Crippen molar-refractivity contribution in [3.05, 3.63) is 0 Å². The molecule has 0 heterocycles. The number of nitrogens with one attached hydrogen (secondary N) is 1. The molecule has 0 radical (unpaired) electrons. The molecule has 0 fully saturated rings. The molecular weight excluding hydrogens is 333 g/mol. The molecule has 0 aromatic heterocycles. The lowest BCUT2D eigenvalue weighted by Crippen LogP contribution is -2.32. The normalized spacial score (nSPS) is 10.6. The van der Waals surface area contributed by atoms with Crippen LogP contribution in [0.5, 0.6) is 0 Å². The van der Waals surface area contributed by atoms with Gasteiger partial charge in [-0.1, -0.05) is 13.3 Å². The van der Waals surface area contributed by atoms with Gasteiger partial charge in [0, 0.05) is 19.5 Å². The highest BCUT2D eigenvalue weighted by Crippen LogP contribution is 1.97. The molecule has 0 saturated heterocycles. The molecule has 0 amide bonds. The van der Waals surface area contributed by atoms with E-state index in [1.807, 2.05) is 0 Å². The van der Waals surface area contributed by atoms with Gasteiger partial charge in [0.25, 0.3) is 0 Å². The van der Waals surface area contributed by atoms with Crippen LogP contribution in [0, 0.1) is 0 Å². The van der Waals surface area contributed by atoms with Crippen LogP contribution >= 0.6 is 24.0 Å². The van der Waals surface area contributed by atoms with Gasteiger partial charge in [-0.25, -0.2) is 0 Å². The number of esters is 1. The summed E-state index contributed by atoms with van der Waals surface area (Å²) in [6.45, 7) is 3.65. The van der Waals surface area contributed by atoms with Crippen molar-refractivity contribution in [3.8, 4) is 0 Å². The van der Waals surface area contributed by atoms with E-state index >= 15 is 0 Å². The third kappa shape index (κ3) is 13.4. The van der Waals surface area contributed by atoms with Crippen molar-refractivity contribution < 1.29 is 9.53 Å². The fourth-order valence-corrected chi connectivity index (χ4v) is 1.13. The number of unbranched alkanes of at least 4 members (excludes halogenated alkanes) is 2.